The zero-order valence-electron chi connectivity index (χ0n) is 11.3. The Bertz CT molecular complexity index is 664. The zero-order chi connectivity index (χ0) is 15.4. The van der Waals surface area contributed by atoms with Gasteiger partial charge in [-0.25, -0.2) is 4.39 Å². The molecule has 1 unspecified atom stereocenters. The van der Waals surface area contributed by atoms with E-state index in [1.165, 1.54) is 0 Å². The third-order valence-corrected chi connectivity index (χ3v) is 3.38. The summed E-state index contributed by atoms with van der Waals surface area (Å²) in [5.41, 5.74) is 0.896. The second kappa shape index (κ2) is 6.54. The molecule has 2 aromatic rings. The first kappa shape index (κ1) is 15.3. The number of halogens is 2. The van der Waals surface area contributed by atoms with Gasteiger partial charge < -0.3 is 5.32 Å². The molecule has 0 bridgehead atoms. The Morgan fingerprint density at radius 2 is 2.10 bits per heavy atom. The van der Waals surface area contributed by atoms with Gasteiger partial charge in [0.1, 0.15) is 11.5 Å². The highest BCUT2D eigenvalue weighted by molar-refractivity contribution is 6.30. The maximum Gasteiger partial charge on any atom is 0.292 e. The molecule has 0 aliphatic rings. The third kappa shape index (κ3) is 3.70. The molecule has 0 aliphatic carbocycles. The Labute approximate surface area is 126 Å². The van der Waals surface area contributed by atoms with Crippen molar-refractivity contribution in [1.29, 1.82) is 0 Å². The molecular weight excluding hydrogens is 295 g/mol. The number of anilines is 1. The van der Waals surface area contributed by atoms with Crippen LogP contribution in [0.2, 0.25) is 5.02 Å². The topological polar surface area (TPSA) is 55.2 Å². The summed E-state index contributed by atoms with van der Waals surface area (Å²) in [5.74, 6) is -0.524. The average Bonchev–Trinajstić information content (AvgIpc) is 2.44. The smallest absolute Gasteiger partial charge is 0.292 e. The van der Waals surface area contributed by atoms with Crippen molar-refractivity contribution in [3.05, 3.63) is 69.0 Å². The third-order valence-electron chi connectivity index (χ3n) is 3.14. The SMILES string of the molecule is CCC(Nc1cc(F)ccc1[N+](=O)[O-])c1cccc(Cl)c1. The lowest BCUT2D eigenvalue weighted by atomic mass is 10.0. The highest BCUT2D eigenvalue weighted by atomic mass is 35.5. The van der Waals surface area contributed by atoms with Crippen LogP contribution in [0.4, 0.5) is 15.8 Å². The fourth-order valence-electron chi connectivity index (χ4n) is 2.12. The quantitative estimate of drug-likeness (QED) is 0.628. The molecule has 1 N–H and O–H groups in total. The molecule has 0 amide bonds. The van der Waals surface area contributed by atoms with Crippen molar-refractivity contribution in [2.24, 2.45) is 0 Å². The molecule has 0 spiro atoms. The maximum atomic E-state index is 13.3. The highest BCUT2D eigenvalue weighted by Gasteiger charge is 2.18. The molecule has 4 nitrogen and oxygen atoms in total. The van der Waals surface area contributed by atoms with E-state index in [1.54, 1.807) is 12.1 Å². The van der Waals surface area contributed by atoms with Gasteiger partial charge in [-0.15, -0.1) is 0 Å². The van der Waals surface area contributed by atoms with Crippen LogP contribution in [0.25, 0.3) is 0 Å². The predicted octanol–water partition coefficient (Wildman–Crippen LogP) is 4.95. The van der Waals surface area contributed by atoms with E-state index in [1.807, 2.05) is 19.1 Å². The molecule has 0 aliphatic heterocycles. The van der Waals surface area contributed by atoms with E-state index in [4.69, 9.17) is 11.6 Å². The number of nitro benzene ring substituents is 1. The molecule has 6 heteroatoms. The van der Waals surface area contributed by atoms with Gasteiger partial charge in [0, 0.05) is 17.2 Å². The zero-order valence-corrected chi connectivity index (χ0v) is 12.1. The summed E-state index contributed by atoms with van der Waals surface area (Å²) in [6.07, 6.45) is 0.675. The minimum atomic E-state index is -0.535. The molecule has 0 heterocycles. The molecule has 0 aromatic heterocycles. The van der Waals surface area contributed by atoms with Crippen molar-refractivity contribution in [3.63, 3.8) is 0 Å². The number of nitro groups is 1. The van der Waals surface area contributed by atoms with Gasteiger partial charge in [0.05, 0.1) is 11.0 Å². The molecule has 2 aromatic carbocycles. The van der Waals surface area contributed by atoms with Gasteiger partial charge in [-0.3, -0.25) is 10.1 Å². The summed E-state index contributed by atoms with van der Waals surface area (Å²) >= 11 is 5.96. The van der Waals surface area contributed by atoms with Crippen LogP contribution < -0.4 is 5.32 Å². The van der Waals surface area contributed by atoms with Gasteiger partial charge in [0.25, 0.3) is 5.69 Å². The van der Waals surface area contributed by atoms with Crippen molar-refractivity contribution in [1.82, 2.24) is 0 Å². The van der Waals surface area contributed by atoms with Crippen LogP contribution in [0, 0.1) is 15.9 Å². The van der Waals surface area contributed by atoms with Crippen molar-refractivity contribution in [2.45, 2.75) is 19.4 Å². The first-order chi connectivity index (χ1) is 10.0. The van der Waals surface area contributed by atoms with Gasteiger partial charge in [-0.1, -0.05) is 30.7 Å². The van der Waals surface area contributed by atoms with Crippen LogP contribution in [0.5, 0.6) is 0 Å². The predicted molar refractivity (Wildman–Crippen MR) is 81.2 cm³/mol. The van der Waals surface area contributed by atoms with Gasteiger partial charge in [-0.2, -0.15) is 0 Å². The fourth-order valence-corrected chi connectivity index (χ4v) is 2.31. The van der Waals surface area contributed by atoms with Crippen molar-refractivity contribution < 1.29 is 9.31 Å². The van der Waals surface area contributed by atoms with Crippen molar-refractivity contribution in [3.8, 4) is 0 Å². The summed E-state index contributed by atoms with van der Waals surface area (Å²) in [4.78, 5) is 10.5. The number of hydrogen-bond acceptors (Lipinski definition) is 3. The van der Waals surface area contributed by atoms with Gasteiger partial charge in [-0.05, 0) is 30.2 Å². The van der Waals surface area contributed by atoms with Gasteiger partial charge >= 0.3 is 0 Å². The lowest BCUT2D eigenvalue weighted by Gasteiger charge is -2.19. The Morgan fingerprint density at radius 3 is 2.71 bits per heavy atom. The van der Waals surface area contributed by atoms with Crippen molar-refractivity contribution in [2.75, 3.05) is 5.32 Å². The van der Waals surface area contributed by atoms with Crippen LogP contribution in [0.3, 0.4) is 0 Å². The number of nitrogens with one attached hydrogen (secondary N) is 1. The number of nitrogens with zero attached hydrogens (tertiary/aromatic N) is 1. The highest BCUT2D eigenvalue weighted by Crippen LogP contribution is 2.31. The fraction of sp³-hybridized carbons (Fsp3) is 0.200. The molecule has 2 rings (SSSR count). The van der Waals surface area contributed by atoms with E-state index in [9.17, 15) is 14.5 Å². The largest absolute Gasteiger partial charge is 0.373 e. The summed E-state index contributed by atoms with van der Waals surface area (Å²) in [7, 11) is 0. The molecule has 0 fully saturated rings. The van der Waals surface area contributed by atoms with E-state index in [2.05, 4.69) is 5.32 Å². The van der Waals surface area contributed by atoms with Gasteiger partial charge in [0.15, 0.2) is 0 Å². The molecule has 0 saturated heterocycles. The lowest BCUT2D eigenvalue weighted by molar-refractivity contribution is -0.384. The summed E-state index contributed by atoms with van der Waals surface area (Å²) in [6.45, 7) is 1.93. The molecule has 110 valence electrons. The van der Waals surface area contributed by atoms with Crippen LogP contribution in [-0.2, 0) is 0 Å². The van der Waals surface area contributed by atoms with Crippen LogP contribution >= 0.6 is 11.6 Å². The Balaban J connectivity index is 2.34. The monoisotopic (exact) mass is 308 g/mol. The number of hydrogen-bond donors (Lipinski definition) is 1. The second-order valence-corrected chi connectivity index (χ2v) is 5.02. The van der Waals surface area contributed by atoms with Gasteiger partial charge in [0.2, 0.25) is 0 Å². The van der Waals surface area contributed by atoms with Crippen LogP contribution in [-0.4, -0.2) is 4.92 Å². The summed E-state index contributed by atoms with van der Waals surface area (Å²) < 4.78 is 13.3. The molecule has 21 heavy (non-hydrogen) atoms. The minimum Gasteiger partial charge on any atom is -0.373 e. The second-order valence-electron chi connectivity index (χ2n) is 4.58. The molecular formula is C15H14ClFN2O2. The average molecular weight is 309 g/mol. The minimum absolute atomic E-state index is 0.156. The standard InChI is InChI=1S/C15H14ClFN2O2/c1-2-13(10-4-3-5-11(16)8-10)18-14-9-12(17)6-7-15(14)19(20)21/h3-9,13,18H,2H2,1H3. The van der Waals surface area contributed by atoms with E-state index in [0.29, 0.717) is 11.4 Å². The first-order valence-corrected chi connectivity index (χ1v) is 6.85. The Hall–Kier alpha value is -2.14. The summed E-state index contributed by atoms with van der Waals surface area (Å²) in [6, 6.07) is 10.4. The number of rotatable bonds is 5. The van der Waals surface area contributed by atoms with E-state index in [-0.39, 0.29) is 17.4 Å². The van der Waals surface area contributed by atoms with Crippen molar-refractivity contribution >= 4 is 23.0 Å². The van der Waals surface area contributed by atoms with Crippen LogP contribution in [0.1, 0.15) is 24.9 Å². The van der Waals surface area contributed by atoms with E-state index >= 15 is 0 Å². The lowest BCUT2D eigenvalue weighted by Crippen LogP contribution is -2.11. The maximum absolute atomic E-state index is 13.3. The van der Waals surface area contributed by atoms with Crippen LogP contribution in [0.15, 0.2) is 42.5 Å². The van der Waals surface area contributed by atoms with E-state index < -0.39 is 10.7 Å². The normalized spacial score (nSPS) is 12.0. The summed E-state index contributed by atoms with van der Waals surface area (Å²) in [5, 5.41) is 14.6. The Morgan fingerprint density at radius 1 is 1.33 bits per heavy atom. The number of benzene rings is 2. The molecule has 0 radical (unpaired) electrons. The Kier molecular flexibility index (Phi) is 4.75. The molecule has 1 atom stereocenters. The molecule has 0 saturated carbocycles. The van der Waals surface area contributed by atoms with E-state index in [0.717, 1.165) is 23.8 Å². The first-order valence-electron chi connectivity index (χ1n) is 6.47.